The molecule has 0 saturated heterocycles. The highest BCUT2D eigenvalue weighted by Gasteiger charge is 2.12. The first-order valence-corrected chi connectivity index (χ1v) is 11.8. The van der Waals surface area contributed by atoms with Crippen molar-refractivity contribution in [2.75, 3.05) is 0 Å². The van der Waals surface area contributed by atoms with Crippen LogP contribution in [-0.4, -0.2) is 27.0 Å². The second-order valence-electron chi connectivity index (χ2n) is 7.99. The Labute approximate surface area is 209 Å². The predicted molar refractivity (Wildman–Crippen MR) is 131 cm³/mol. The van der Waals surface area contributed by atoms with Crippen LogP contribution in [0.3, 0.4) is 0 Å². The molecule has 0 unspecified atom stereocenters. The van der Waals surface area contributed by atoms with Crippen molar-refractivity contribution in [2.45, 2.75) is 59.5 Å². The van der Waals surface area contributed by atoms with Crippen molar-refractivity contribution < 1.29 is 24.1 Å². The zero-order valence-electron chi connectivity index (χ0n) is 19.4. The van der Waals surface area contributed by atoms with Crippen molar-refractivity contribution >= 4 is 29.2 Å². The number of aryl methyl sites for hydroxylation is 2. The molecule has 3 rings (SSSR count). The van der Waals surface area contributed by atoms with E-state index in [0.29, 0.717) is 40.4 Å². The SMILES string of the molecule is CCn1nc(OCc2cc(COc3ccc(Cl)cc3Cl)cc(OC(C)C)c2)cc1CCC(=O)O. The zero-order chi connectivity index (χ0) is 24.7. The van der Waals surface area contributed by atoms with Gasteiger partial charge in [-0.2, -0.15) is 0 Å². The number of ether oxygens (including phenoxy) is 3. The van der Waals surface area contributed by atoms with Gasteiger partial charge in [-0.1, -0.05) is 23.2 Å². The lowest BCUT2D eigenvalue weighted by Gasteiger charge is -2.15. The zero-order valence-corrected chi connectivity index (χ0v) is 20.9. The molecule has 1 N–H and O–H groups in total. The summed E-state index contributed by atoms with van der Waals surface area (Å²) in [6.45, 7) is 7.06. The van der Waals surface area contributed by atoms with Crippen LogP contribution in [0.4, 0.5) is 0 Å². The van der Waals surface area contributed by atoms with Gasteiger partial charge in [0.2, 0.25) is 5.88 Å². The molecular weight excluding hydrogens is 479 g/mol. The standard InChI is InChI=1S/C25H28Cl2N2O5/c1-4-29-20(6-8-25(30)31)13-24(28-29)33-15-18-9-17(10-21(11-18)34-16(2)3)14-32-23-7-5-19(26)12-22(23)27/h5,7,9-13,16H,4,6,8,14-15H2,1-3H3,(H,30,31). The lowest BCUT2D eigenvalue weighted by Crippen LogP contribution is -2.08. The summed E-state index contributed by atoms with van der Waals surface area (Å²) in [6, 6.07) is 12.7. The molecule has 3 aromatic rings. The molecule has 1 heterocycles. The Hall–Kier alpha value is -2.90. The van der Waals surface area contributed by atoms with Gasteiger partial charge in [0, 0.05) is 23.3 Å². The van der Waals surface area contributed by atoms with Crippen LogP contribution in [0.2, 0.25) is 10.0 Å². The van der Waals surface area contributed by atoms with Gasteiger partial charge in [-0.15, -0.1) is 5.10 Å². The first kappa shape index (κ1) is 25.7. The Morgan fingerprint density at radius 3 is 2.38 bits per heavy atom. The molecule has 34 heavy (non-hydrogen) atoms. The third kappa shape index (κ3) is 7.57. The van der Waals surface area contributed by atoms with E-state index in [-0.39, 0.29) is 25.7 Å². The van der Waals surface area contributed by atoms with Gasteiger partial charge in [0.25, 0.3) is 0 Å². The maximum Gasteiger partial charge on any atom is 0.303 e. The van der Waals surface area contributed by atoms with Crippen LogP contribution in [0.5, 0.6) is 17.4 Å². The number of aliphatic carboxylic acids is 1. The average Bonchev–Trinajstić information content (AvgIpc) is 3.17. The first-order chi connectivity index (χ1) is 16.2. The maximum atomic E-state index is 10.9. The van der Waals surface area contributed by atoms with E-state index in [4.69, 9.17) is 42.5 Å². The number of rotatable bonds is 12. The normalized spacial score (nSPS) is 11.0. The molecule has 0 amide bonds. The summed E-state index contributed by atoms with van der Waals surface area (Å²) in [5, 5.41) is 14.4. The van der Waals surface area contributed by atoms with E-state index < -0.39 is 5.97 Å². The van der Waals surface area contributed by atoms with Gasteiger partial charge in [0.15, 0.2) is 0 Å². The molecule has 0 aliphatic heterocycles. The second-order valence-corrected chi connectivity index (χ2v) is 8.83. The topological polar surface area (TPSA) is 82.8 Å². The molecule has 0 aliphatic carbocycles. The molecule has 0 fully saturated rings. The fraction of sp³-hybridized carbons (Fsp3) is 0.360. The number of carboxylic acid groups (broad SMARTS) is 1. The number of hydrogen-bond acceptors (Lipinski definition) is 5. The summed E-state index contributed by atoms with van der Waals surface area (Å²) in [7, 11) is 0. The number of carboxylic acids is 1. The Kier molecular flexibility index (Phi) is 9.07. The highest BCUT2D eigenvalue weighted by Crippen LogP contribution is 2.29. The van der Waals surface area contributed by atoms with Crippen molar-refractivity contribution in [1.29, 1.82) is 0 Å². The highest BCUT2D eigenvalue weighted by atomic mass is 35.5. The Bertz CT molecular complexity index is 1130. The first-order valence-electron chi connectivity index (χ1n) is 11.0. The van der Waals surface area contributed by atoms with E-state index in [1.807, 2.05) is 39.0 Å². The summed E-state index contributed by atoms with van der Waals surface area (Å²) in [6.07, 6.45) is 0.444. The molecule has 0 aliphatic rings. The maximum absolute atomic E-state index is 10.9. The molecule has 0 bridgehead atoms. The van der Waals surface area contributed by atoms with Gasteiger partial charge < -0.3 is 19.3 Å². The van der Waals surface area contributed by atoms with Gasteiger partial charge in [0.1, 0.15) is 24.7 Å². The number of hydrogen-bond donors (Lipinski definition) is 1. The van der Waals surface area contributed by atoms with Crippen LogP contribution in [0, 0.1) is 0 Å². The van der Waals surface area contributed by atoms with E-state index in [1.165, 1.54) is 0 Å². The van der Waals surface area contributed by atoms with Crippen molar-refractivity contribution in [3.05, 3.63) is 69.3 Å². The Balaban J connectivity index is 1.73. The minimum Gasteiger partial charge on any atom is -0.491 e. The summed E-state index contributed by atoms with van der Waals surface area (Å²) in [4.78, 5) is 10.9. The predicted octanol–water partition coefficient (Wildman–Crippen LogP) is 6.17. The van der Waals surface area contributed by atoms with E-state index >= 15 is 0 Å². The van der Waals surface area contributed by atoms with Crippen LogP contribution in [0.1, 0.15) is 44.0 Å². The molecule has 0 radical (unpaired) electrons. The van der Waals surface area contributed by atoms with Crippen LogP contribution in [0.15, 0.2) is 42.5 Å². The van der Waals surface area contributed by atoms with Crippen LogP contribution < -0.4 is 14.2 Å². The Morgan fingerprint density at radius 2 is 1.76 bits per heavy atom. The lowest BCUT2D eigenvalue weighted by atomic mass is 10.1. The quantitative estimate of drug-likeness (QED) is 0.316. The van der Waals surface area contributed by atoms with E-state index in [1.54, 1.807) is 28.9 Å². The van der Waals surface area contributed by atoms with Crippen LogP contribution in [0.25, 0.3) is 0 Å². The minimum atomic E-state index is -0.845. The third-order valence-electron chi connectivity index (χ3n) is 4.81. The van der Waals surface area contributed by atoms with Crippen molar-refractivity contribution in [1.82, 2.24) is 9.78 Å². The smallest absolute Gasteiger partial charge is 0.303 e. The molecule has 0 saturated carbocycles. The van der Waals surface area contributed by atoms with E-state index in [0.717, 1.165) is 16.8 Å². The molecule has 0 spiro atoms. The second kappa shape index (κ2) is 12.0. The molecule has 7 nitrogen and oxygen atoms in total. The fourth-order valence-electron chi connectivity index (χ4n) is 3.36. The summed E-state index contributed by atoms with van der Waals surface area (Å²) >= 11 is 12.2. The summed E-state index contributed by atoms with van der Waals surface area (Å²) < 4.78 is 19.5. The Morgan fingerprint density at radius 1 is 1.06 bits per heavy atom. The largest absolute Gasteiger partial charge is 0.491 e. The number of aromatic nitrogens is 2. The van der Waals surface area contributed by atoms with Gasteiger partial charge in [-0.25, -0.2) is 0 Å². The van der Waals surface area contributed by atoms with Crippen molar-refractivity contribution in [2.24, 2.45) is 0 Å². The monoisotopic (exact) mass is 506 g/mol. The summed E-state index contributed by atoms with van der Waals surface area (Å²) in [5.74, 6) is 0.849. The molecule has 0 atom stereocenters. The van der Waals surface area contributed by atoms with Crippen LogP contribution in [-0.2, 0) is 31.0 Å². The van der Waals surface area contributed by atoms with Gasteiger partial charge in [-0.05, 0) is 74.7 Å². The van der Waals surface area contributed by atoms with Crippen molar-refractivity contribution in [3.63, 3.8) is 0 Å². The minimum absolute atomic E-state index is 0.00712. The van der Waals surface area contributed by atoms with E-state index in [2.05, 4.69) is 5.10 Å². The molecule has 1 aromatic heterocycles. The van der Waals surface area contributed by atoms with E-state index in [9.17, 15) is 4.79 Å². The average molecular weight is 507 g/mol. The lowest BCUT2D eigenvalue weighted by molar-refractivity contribution is -0.137. The number of carbonyl (C=O) groups is 1. The van der Waals surface area contributed by atoms with Crippen LogP contribution >= 0.6 is 23.2 Å². The number of benzene rings is 2. The number of nitrogens with zero attached hydrogens (tertiary/aromatic N) is 2. The molecular formula is C25H28Cl2N2O5. The van der Waals surface area contributed by atoms with Gasteiger partial charge in [0.05, 0.1) is 17.5 Å². The molecule has 2 aromatic carbocycles. The highest BCUT2D eigenvalue weighted by molar-refractivity contribution is 6.35. The summed E-state index contributed by atoms with van der Waals surface area (Å²) in [5.41, 5.74) is 2.60. The van der Waals surface area contributed by atoms with Crippen molar-refractivity contribution in [3.8, 4) is 17.4 Å². The van der Waals surface area contributed by atoms with Gasteiger partial charge >= 0.3 is 5.97 Å². The molecule has 182 valence electrons. The number of halogens is 2. The third-order valence-corrected chi connectivity index (χ3v) is 5.34. The van der Waals surface area contributed by atoms with Gasteiger partial charge in [-0.3, -0.25) is 9.48 Å². The fourth-order valence-corrected chi connectivity index (χ4v) is 3.82. The molecule has 9 heteroatoms.